The van der Waals surface area contributed by atoms with Gasteiger partial charge in [0.05, 0.1) is 22.7 Å². The zero-order valence-electron chi connectivity index (χ0n) is 9.51. The van der Waals surface area contributed by atoms with E-state index in [0.717, 1.165) is 18.6 Å². The van der Waals surface area contributed by atoms with Crippen molar-refractivity contribution in [1.29, 1.82) is 0 Å². The first-order chi connectivity index (χ1) is 8.58. The standard InChI is InChI=1S/C12H12BrF2NO2/c13-8-4-10(15)11(5-9(8)14)16-12(17)7-2-1-3-18-6-7/h4-5,7H,1-3,6H2,(H,16,17). The van der Waals surface area contributed by atoms with Gasteiger partial charge in [0.25, 0.3) is 0 Å². The molecule has 98 valence electrons. The molecule has 0 aromatic heterocycles. The van der Waals surface area contributed by atoms with Crippen molar-refractivity contribution in [3.8, 4) is 0 Å². The molecule has 1 fully saturated rings. The molecule has 1 aliphatic heterocycles. The largest absolute Gasteiger partial charge is 0.381 e. The lowest BCUT2D eigenvalue weighted by atomic mass is 10.0. The van der Waals surface area contributed by atoms with E-state index in [-0.39, 0.29) is 22.0 Å². The maximum atomic E-state index is 13.5. The SMILES string of the molecule is O=C(Nc1cc(F)c(Br)cc1F)C1CCCOC1. The number of nitrogens with one attached hydrogen (secondary N) is 1. The first kappa shape index (κ1) is 13.4. The van der Waals surface area contributed by atoms with Crippen molar-refractivity contribution >= 4 is 27.5 Å². The van der Waals surface area contributed by atoms with Crippen LogP contribution in [0.1, 0.15) is 12.8 Å². The maximum absolute atomic E-state index is 13.5. The number of rotatable bonds is 2. The van der Waals surface area contributed by atoms with E-state index in [1.54, 1.807) is 0 Å². The molecule has 0 radical (unpaired) electrons. The summed E-state index contributed by atoms with van der Waals surface area (Å²) in [7, 11) is 0. The predicted octanol–water partition coefficient (Wildman–Crippen LogP) is 3.09. The molecule has 2 rings (SSSR count). The lowest BCUT2D eigenvalue weighted by Crippen LogP contribution is -2.30. The zero-order chi connectivity index (χ0) is 13.1. The van der Waals surface area contributed by atoms with Crippen molar-refractivity contribution < 1.29 is 18.3 Å². The molecule has 0 spiro atoms. The molecule has 1 aromatic carbocycles. The highest BCUT2D eigenvalue weighted by molar-refractivity contribution is 9.10. The maximum Gasteiger partial charge on any atom is 0.229 e. The molecule has 6 heteroatoms. The number of halogens is 3. The first-order valence-corrected chi connectivity index (χ1v) is 6.40. The fraction of sp³-hybridized carbons (Fsp3) is 0.417. The van der Waals surface area contributed by atoms with E-state index in [9.17, 15) is 13.6 Å². The minimum absolute atomic E-state index is 0.0269. The van der Waals surface area contributed by atoms with Crippen LogP contribution in [0.3, 0.4) is 0 Å². The Bertz CT molecular complexity index is 462. The normalized spacial score (nSPS) is 19.6. The van der Waals surface area contributed by atoms with E-state index in [1.807, 2.05) is 0 Å². The fourth-order valence-corrected chi connectivity index (χ4v) is 2.12. The molecule has 0 saturated carbocycles. The van der Waals surface area contributed by atoms with Gasteiger partial charge in [0, 0.05) is 12.7 Å². The summed E-state index contributed by atoms with van der Waals surface area (Å²) in [5.74, 6) is -1.93. The van der Waals surface area contributed by atoms with E-state index in [4.69, 9.17) is 4.74 Å². The summed E-state index contributed by atoms with van der Waals surface area (Å²) in [6, 6.07) is 1.95. The molecule has 1 aromatic rings. The number of amides is 1. The van der Waals surface area contributed by atoms with Crippen molar-refractivity contribution in [1.82, 2.24) is 0 Å². The average Bonchev–Trinajstić information content (AvgIpc) is 2.37. The summed E-state index contributed by atoms with van der Waals surface area (Å²) in [4.78, 5) is 11.8. The van der Waals surface area contributed by atoms with Gasteiger partial charge < -0.3 is 10.1 Å². The zero-order valence-corrected chi connectivity index (χ0v) is 11.1. The monoisotopic (exact) mass is 319 g/mol. The van der Waals surface area contributed by atoms with Gasteiger partial charge in [-0.2, -0.15) is 0 Å². The molecule has 1 saturated heterocycles. The van der Waals surface area contributed by atoms with Gasteiger partial charge >= 0.3 is 0 Å². The third kappa shape index (κ3) is 3.05. The van der Waals surface area contributed by atoms with Crippen LogP contribution in [0.25, 0.3) is 0 Å². The summed E-state index contributed by atoms with van der Waals surface area (Å²) in [5.41, 5.74) is -0.147. The van der Waals surface area contributed by atoms with Crippen molar-refractivity contribution in [2.75, 3.05) is 18.5 Å². The second kappa shape index (κ2) is 5.75. The van der Waals surface area contributed by atoms with Crippen LogP contribution in [-0.4, -0.2) is 19.1 Å². The van der Waals surface area contributed by atoms with Gasteiger partial charge in [0.15, 0.2) is 0 Å². The van der Waals surface area contributed by atoms with Crippen molar-refractivity contribution in [3.05, 3.63) is 28.2 Å². The van der Waals surface area contributed by atoms with Crippen LogP contribution in [0.5, 0.6) is 0 Å². The highest BCUT2D eigenvalue weighted by Gasteiger charge is 2.23. The minimum atomic E-state index is -0.673. The number of ether oxygens (including phenoxy) is 1. The van der Waals surface area contributed by atoms with Gasteiger partial charge in [0.1, 0.15) is 11.6 Å². The van der Waals surface area contributed by atoms with Crippen LogP contribution < -0.4 is 5.32 Å². The lowest BCUT2D eigenvalue weighted by Gasteiger charge is -2.21. The predicted molar refractivity (Wildman–Crippen MR) is 66.2 cm³/mol. The molecule has 1 aliphatic rings. The highest BCUT2D eigenvalue weighted by Crippen LogP contribution is 2.24. The topological polar surface area (TPSA) is 38.3 Å². The second-order valence-electron chi connectivity index (χ2n) is 4.15. The molecule has 3 nitrogen and oxygen atoms in total. The third-order valence-corrected chi connectivity index (χ3v) is 3.41. The van der Waals surface area contributed by atoms with Crippen LogP contribution >= 0.6 is 15.9 Å². The number of carbonyl (C=O) groups excluding carboxylic acids is 1. The lowest BCUT2D eigenvalue weighted by molar-refractivity contribution is -0.123. The Balaban J connectivity index is 2.08. The molecule has 1 unspecified atom stereocenters. The van der Waals surface area contributed by atoms with E-state index in [0.29, 0.717) is 19.6 Å². The summed E-state index contributed by atoms with van der Waals surface area (Å²) >= 11 is 2.88. The number of hydrogen-bond donors (Lipinski definition) is 1. The van der Waals surface area contributed by atoms with E-state index >= 15 is 0 Å². The number of benzene rings is 1. The van der Waals surface area contributed by atoms with Crippen LogP contribution in [0.4, 0.5) is 14.5 Å². The number of hydrogen-bond acceptors (Lipinski definition) is 2. The van der Waals surface area contributed by atoms with Gasteiger partial charge in [-0.15, -0.1) is 0 Å². The van der Waals surface area contributed by atoms with Crippen LogP contribution in [-0.2, 0) is 9.53 Å². The van der Waals surface area contributed by atoms with E-state index in [2.05, 4.69) is 21.2 Å². The van der Waals surface area contributed by atoms with Gasteiger partial charge in [0.2, 0.25) is 5.91 Å². The average molecular weight is 320 g/mol. The molecule has 1 amide bonds. The van der Waals surface area contributed by atoms with Crippen molar-refractivity contribution in [2.24, 2.45) is 5.92 Å². The van der Waals surface area contributed by atoms with Gasteiger partial charge in [-0.25, -0.2) is 8.78 Å². The van der Waals surface area contributed by atoms with Crippen molar-refractivity contribution in [2.45, 2.75) is 12.8 Å². The van der Waals surface area contributed by atoms with E-state index in [1.165, 1.54) is 0 Å². The molecular weight excluding hydrogens is 308 g/mol. The van der Waals surface area contributed by atoms with Crippen LogP contribution in [0.15, 0.2) is 16.6 Å². The van der Waals surface area contributed by atoms with Gasteiger partial charge in [-0.1, -0.05) is 0 Å². The Labute approximate surface area is 112 Å². The fourth-order valence-electron chi connectivity index (χ4n) is 1.80. The molecule has 18 heavy (non-hydrogen) atoms. The second-order valence-corrected chi connectivity index (χ2v) is 5.00. The Morgan fingerprint density at radius 1 is 1.39 bits per heavy atom. The van der Waals surface area contributed by atoms with Crippen LogP contribution in [0.2, 0.25) is 0 Å². The summed E-state index contributed by atoms with van der Waals surface area (Å²) < 4.78 is 32.0. The highest BCUT2D eigenvalue weighted by atomic mass is 79.9. The quantitative estimate of drug-likeness (QED) is 0.851. The summed E-state index contributed by atoms with van der Waals surface area (Å²) in [5, 5.41) is 2.39. The summed E-state index contributed by atoms with van der Waals surface area (Å²) in [6.07, 6.45) is 1.50. The molecular formula is C12H12BrF2NO2. The van der Waals surface area contributed by atoms with Crippen LogP contribution in [0, 0.1) is 17.6 Å². The van der Waals surface area contributed by atoms with Crippen molar-refractivity contribution in [3.63, 3.8) is 0 Å². The van der Waals surface area contributed by atoms with Gasteiger partial charge in [-0.05, 0) is 34.8 Å². The Morgan fingerprint density at radius 3 is 2.83 bits per heavy atom. The smallest absolute Gasteiger partial charge is 0.229 e. The molecule has 1 heterocycles. The number of anilines is 1. The molecule has 1 N–H and O–H groups in total. The Morgan fingerprint density at radius 2 is 2.17 bits per heavy atom. The Hall–Kier alpha value is -1.01. The number of carbonyl (C=O) groups is 1. The Kier molecular flexibility index (Phi) is 4.29. The molecule has 0 aliphatic carbocycles. The minimum Gasteiger partial charge on any atom is -0.381 e. The molecule has 1 atom stereocenters. The first-order valence-electron chi connectivity index (χ1n) is 5.61. The third-order valence-electron chi connectivity index (χ3n) is 2.80. The summed E-state index contributed by atoms with van der Waals surface area (Å²) in [6.45, 7) is 0.970. The van der Waals surface area contributed by atoms with Gasteiger partial charge in [-0.3, -0.25) is 4.79 Å². The van der Waals surface area contributed by atoms with E-state index < -0.39 is 11.6 Å². The molecule has 0 bridgehead atoms.